The SMILES string of the molecule is C=CCn1c(SCC(=O)Nc2ccccc2F)nnc1-c1ccc2c(c1)OCO2. The van der Waals surface area contributed by atoms with Gasteiger partial charge < -0.3 is 14.8 Å². The van der Waals surface area contributed by atoms with Crippen molar-refractivity contribution in [2.24, 2.45) is 0 Å². The fourth-order valence-electron chi connectivity index (χ4n) is 2.82. The highest BCUT2D eigenvalue weighted by atomic mass is 32.2. The van der Waals surface area contributed by atoms with Gasteiger partial charge in [-0.05, 0) is 30.3 Å². The molecule has 0 unspecified atom stereocenters. The van der Waals surface area contributed by atoms with Crippen molar-refractivity contribution in [3.05, 3.63) is 60.9 Å². The number of para-hydroxylation sites is 1. The number of rotatable bonds is 7. The normalized spacial score (nSPS) is 12.0. The average Bonchev–Trinajstić information content (AvgIpc) is 3.35. The second-order valence-electron chi connectivity index (χ2n) is 6.09. The third-order valence-electron chi connectivity index (χ3n) is 4.14. The fourth-order valence-corrected chi connectivity index (χ4v) is 3.57. The van der Waals surface area contributed by atoms with E-state index in [1.54, 1.807) is 18.2 Å². The van der Waals surface area contributed by atoms with Crippen molar-refractivity contribution in [3.63, 3.8) is 0 Å². The highest BCUT2D eigenvalue weighted by molar-refractivity contribution is 7.99. The van der Waals surface area contributed by atoms with Crippen LogP contribution in [0.5, 0.6) is 11.5 Å². The zero-order valence-electron chi connectivity index (χ0n) is 15.3. The van der Waals surface area contributed by atoms with Gasteiger partial charge in [-0.3, -0.25) is 9.36 Å². The molecule has 1 aromatic heterocycles. The molecule has 0 saturated heterocycles. The van der Waals surface area contributed by atoms with Crippen molar-refractivity contribution in [1.29, 1.82) is 0 Å². The van der Waals surface area contributed by atoms with Gasteiger partial charge >= 0.3 is 0 Å². The van der Waals surface area contributed by atoms with Gasteiger partial charge in [-0.2, -0.15) is 0 Å². The van der Waals surface area contributed by atoms with Crippen LogP contribution in [0.4, 0.5) is 10.1 Å². The molecule has 0 aliphatic carbocycles. The second kappa shape index (κ2) is 8.36. The number of amides is 1. The number of nitrogens with zero attached hydrogens (tertiary/aromatic N) is 3. The predicted molar refractivity (Wildman–Crippen MR) is 108 cm³/mol. The summed E-state index contributed by atoms with van der Waals surface area (Å²) in [5.41, 5.74) is 0.956. The van der Waals surface area contributed by atoms with E-state index in [1.165, 1.54) is 23.9 Å². The summed E-state index contributed by atoms with van der Waals surface area (Å²) >= 11 is 1.21. The van der Waals surface area contributed by atoms with E-state index in [0.29, 0.717) is 29.0 Å². The number of ether oxygens (including phenoxy) is 2. The Labute approximate surface area is 170 Å². The number of carbonyl (C=O) groups excluding carboxylic acids is 1. The number of fused-ring (bicyclic) bond motifs is 1. The first kappa shape index (κ1) is 19.0. The standard InChI is InChI=1S/C20H17FN4O3S/c1-2-9-25-19(13-7-8-16-17(10-13)28-12-27-16)23-24-20(25)29-11-18(26)22-15-6-4-3-5-14(15)21/h2-8,10H,1,9,11-12H2,(H,22,26). The third-order valence-corrected chi connectivity index (χ3v) is 5.11. The van der Waals surface area contributed by atoms with E-state index in [1.807, 2.05) is 22.8 Å². The third kappa shape index (κ3) is 4.09. The van der Waals surface area contributed by atoms with Crippen LogP contribution in [-0.2, 0) is 11.3 Å². The molecule has 3 aromatic rings. The molecule has 7 nitrogen and oxygen atoms in total. The van der Waals surface area contributed by atoms with Gasteiger partial charge in [0.05, 0.1) is 11.4 Å². The van der Waals surface area contributed by atoms with E-state index in [9.17, 15) is 9.18 Å². The van der Waals surface area contributed by atoms with Crippen LogP contribution in [0.25, 0.3) is 11.4 Å². The number of hydrogen-bond donors (Lipinski definition) is 1. The Bertz CT molecular complexity index is 1070. The van der Waals surface area contributed by atoms with Crippen molar-refractivity contribution in [2.45, 2.75) is 11.7 Å². The van der Waals surface area contributed by atoms with E-state index in [2.05, 4.69) is 22.1 Å². The molecule has 0 bridgehead atoms. The second-order valence-corrected chi connectivity index (χ2v) is 7.03. The fraction of sp³-hybridized carbons (Fsp3) is 0.150. The molecule has 0 atom stereocenters. The zero-order valence-corrected chi connectivity index (χ0v) is 16.1. The maximum absolute atomic E-state index is 13.7. The number of allylic oxidation sites excluding steroid dienone is 1. The van der Waals surface area contributed by atoms with Gasteiger partial charge in [0.2, 0.25) is 12.7 Å². The van der Waals surface area contributed by atoms with Crippen LogP contribution in [0.2, 0.25) is 0 Å². The lowest BCUT2D eigenvalue weighted by Crippen LogP contribution is -2.15. The molecular formula is C20H17FN4O3S. The molecule has 148 valence electrons. The first-order valence-electron chi connectivity index (χ1n) is 8.77. The molecule has 1 aliphatic rings. The number of hydrogen-bond acceptors (Lipinski definition) is 6. The van der Waals surface area contributed by atoms with Crippen LogP contribution in [0.3, 0.4) is 0 Å². The van der Waals surface area contributed by atoms with E-state index < -0.39 is 5.82 Å². The lowest BCUT2D eigenvalue weighted by atomic mass is 10.2. The van der Waals surface area contributed by atoms with Crippen molar-refractivity contribution >= 4 is 23.4 Å². The number of halogens is 1. The summed E-state index contributed by atoms with van der Waals surface area (Å²) in [4.78, 5) is 12.2. The van der Waals surface area contributed by atoms with Gasteiger partial charge in [-0.15, -0.1) is 16.8 Å². The quantitative estimate of drug-likeness (QED) is 0.471. The highest BCUT2D eigenvalue weighted by Gasteiger charge is 2.19. The minimum Gasteiger partial charge on any atom is -0.454 e. The zero-order chi connectivity index (χ0) is 20.2. The van der Waals surface area contributed by atoms with Crippen LogP contribution in [0.15, 0.2) is 60.3 Å². The number of benzene rings is 2. The Morgan fingerprint density at radius 3 is 2.90 bits per heavy atom. The summed E-state index contributed by atoms with van der Waals surface area (Å²) in [5.74, 6) is 1.20. The topological polar surface area (TPSA) is 78.3 Å². The molecule has 0 fully saturated rings. The van der Waals surface area contributed by atoms with E-state index in [0.717, 1.165) is 5.56 Å². The average molecular weight is 412 g/mol. The van der Waals surface area contributed by atoms with Gasteiger partial charge in [-0.25, -0.2) is 4.39 Å². The summed E-state index contributed by atoms with van der Waals surface area (Å²) in [6.07, 6.45) is 1.73. The van der Waals surface area contributed by atoms with Gasteiger partial charge in [0.25, 0.3) is 0 Å². The van der Waals surface area contributed by atoms with E-state index in [-0.39, 0.29) is 24.1 Å². The summed E-state index contributed by atoms with van der Waals surface area (Å²) in [5, 5.41) is 11.6. The Kier molecular flexibility index (Phi) is 5.48. The van der Waals surface area contributed by atoms with Crippen LogP contribution in [0, 0.1) is 5.82 Å². The molecule has 1 aliphatic heterocycles. The molecule has 1 amide bonds. The summed E-state index contributed by atoms with van der Waals surface area (Å²) in [6, 6.07) is 11.6. The maximum Gasteiger partial charge on any atom is 0.234 e. The van der Waals surface area contributed by atoms with Crippen molar-refractivity contribution in [2.75, 3.05) is 17.9 Å². The van der Waals surface area contributed by atoms with Gasteiger partial charge in [-0.1, -0.05) is 30.0 Å². The van der Waals surface area contributed by atoms with Gasteiger partial charge in [0.15, 0.2) is 22.5 Å². The maximum atomic E-state index is 13.7. The Morgan fingerprint density at radius 2 is 2.07 bits per heavy atom. The number of anilines is 1. The van der Waals surface area contributed by atoms with Crippen molar-refractivity contribution in [1.82, 2.24) is 14.8 Å². The number of carbonyl (C=O) groups is 1. The first-order chi connectivity index (χ1) is 14.2. The van der Waals surface area contributed by atoms with E-state index >= 15 is 0 Å². The molecule has 0 radical (unpaired) electrons. The Morgan fingerprint density at radius 1 is 1.24 bits per heavy atom. The molecule has 29 heavy (non-hydrogen) atoms. The summed E-state index contributed by atoms with van der Waals surface area (Å²) in [6.45, 7) is 4.44. The summed E-state index contributed by atoms with van der Waals surface area (Å²) < 4.78 is 26.3. The van der Waals surface area contributed by atoms with Crippen molar-refractivity contribution in [3.8, 4) is 22.9 Å². The molecule has 2 aromatic carbocycles. The number of aromatic nitrogens is 3. The smallest absolute Gasteiger partial charge is 0.234 e. The molecule has 1 N–H and O–H groups in total. The summed E-state index contributed by atoms with van der Waals surface area (Å²) in [7, 11) is 0. The first-order valence-corrected chi connectivity index (χ1v) is 9.75. The van der Waals surface area contributed by atoms with Crippen LogP contribution in [-0.4, -0.2) is 33.2 Å². The molecule has 2 heterocycles. The van der Waals surface area contributed by atoms with Gasteiger partial charge in [0, 0.05) is 12.1 Å². The monoisotopic (exact) mass is 412 g/mol. The lowest BCUT2D eigenvalue weighted by molar-refractivity contribution is -0.113. The predicted octanol–water partition coefficient (Wildman–Crippen LogP) is 3.73. The van der Waals surface area contributed by atoms with Gasteiger partial charge in [0.1, 0.15) is 5.82 Å². The number of nitrogens with one attached hydrogen (secondary N) is 1. The lowest BCUT2D eigenvalue weighted by Gasteiger charge is -2.09. The Balaban J connectivity index is 1.50. The van der Waals surface area contributed by atoms with Crippen LogP contribution < -0.4 is 14.8 Å². The largest absolute Gasteiger partial charge is 0.454 e. The van der Waals surface area contributed by atoms with E-state index in [4.69, 9.17) is 9.47 Å². The molecule has 0 spiro atoms. The van der Waals surface area contributed by atoms with Crippen molar-refractivity contribution < 1.29 is 18.7 Å². The Hall–Kier alpha value is -3.33. The highest BCUT2D eigenvalue weighted by Crippen LogP contribution is 2.36. The molecule has 4 rings (SSSR count). The van der Waals surface area contributed by atoms with Crippen LogP contribution in [0.1, 0.15) is 0 Å². The minimum absolute atomic E-state index is 0.0603. The minimum atomic E-state index is -0.481. The number of thioether (sulfide) groups is 1. The molecule has 9 heteroatoms. The molecule has 0 saturated carbocycles. The van der Waals surface area contributed by atoms with Crippen LogP contribution >= 0.6 is 11.8 Å². The molecular weight excluding hydrogens is 395 g/mol.